The summed E-state index contributed by atoms with van der Waals surface area (Å²) in [5, 5.41) is 0.0265. The fourth-order valence-electron chi connectivity index (χ4n) is 2.59. The Labute approximate surface area is 129 Å². The quantitative estimate of drug-likeness (QED) is 0.861. The van der Waals surface area contributed by atoms with Gasteiger partial charge in [0.05, 0.1) is 5.75 Å². The van der Waals surface area contributed by atoms with Crippen LogP contribution in [0.1, 0.15) is 22.1 Å². The molecule has 108 valence electrons. The van der Waals surface area contributed by atoms with Crippen LogP contribution in [0.5, 0.6) is 0 Å². The zero-order valence-electron chi connectivity index (χ0n) is 12.2. The van der Waals surface area contributed by atoms with Crippen molar-refractivity contribution in [3.8, 4) is 0 Å². The van der Waals surface area contributed by atoms with E-state index in [4.69, 9.17) is 5.73 Å². The Bertz CT molecular complexity index is 682. The molecule has 2 N–H and O–H groups in total. The molecule has 0 bridgehead atoms. The van der Waals surface area contributed by atoms with Gasteiger partial charge >= 0.3 is 0 Å². The van der Waals surface area contributed by atoms with E-state index in [0.29, 0.717) is 5.75 Å². The van der Waals surface area contributed by atoms with Crippen molar-refractivity contribution in [1.82, 2.24) is 0 Å². The number of hydrogen-bond donors (Lipinski definition) is 1. The predicted octanol–water partition coefficient (Wildman–Crippen LogP) is 3.66. The Morgan fingerprint density at radius 2 is 1.86 bits per heavy atom. The summed E-state index contributed by atoms with van der Waals surface area (Å²) in [4.78, 5) is 14.3. The van der Waals surface area contributed by atoms with Crippen molar-refractivity contribution in [1.29, 1.82) is 0 Å². The summed E-state index contributed by atoms with van der Waals surface area (Å²) in [5.41, 5.74) is 11.0. The molecule has 1 atom stereocenters. The molecular formula is C17H18N2OS. The highest BCUT2D eigenvalue weighted by Gasteiger charge is 2.34. The highest BCUT2D eigenvalue weighted by atomic mass is 32.2. The van der Waals surface area contributed by atoms with Crippen molar-refractivity contribution >= 4 is 29.0 Å². The lowest BCUT2D eigenvalue weighted by atomic mass is 10.1. The van der Waals surface area contributed by atoms with Crippen molar-refractivity contribution in [2.75, 3.05) is 16.4 Å². The first kappa shape index (κ1) is 14.0. The maximum absolute atomic E-state index is 12.4. The third kappa shape index (κ3) is 2.51. The fourth-order valence-corrected chi connectivity index (χ4v) is 3.76. The largest absolute Gasteiger partial charge is 0.399 e. The summed E-state index contributed by atoms with van der Waals surface area (Å²) < 4.78 is 0. The number of nitrogen functional groups attached to an aromatic ring is 1. The second kappa shape index (κ2) is 5.45. The second-order valence-electron chi connectivity index (χ2n) is 5.31. The molecule has 3 rings (SSSR count). The number of carbonyl (C=O) groups is 1. The third-order valence-electron chi connectivity index (χ3n) is 3.93. The molecule has 1 amide bonds. The first-order valence-corrected chi connectivity index (χ1v) is 7.98. The van der Waals surface area contributed by atoms with Crippen LogP contribution in [0.2, 0.25) is 0 Å². The Morgan fingerprint density at radius 3 is 2.57 bits per heavy atom. The number of anilines is 2. The van der Waals surface area contributed by atoms with Gasteiger partial charge in [-0.1, -0.05) is 24.3 Å². The first-order chi connectivity index (χ1) is 10.1. The normalized spacial score (nSPS) is 18.3. The van der Waals surface area contributed by atoms with Crippen LogP contribution in [-0.2, 0) is 4.79 Å². The summed E-state index contributed by atoms with van der Waals surface area (Å²) in [6.45, 7) is 4.14. The van der Waals surface area contributed by atoms with Gasteiger partial charge in [0, 0.05) is 11.4 Å². The lowest BCUT2D eigenvalue weighted by molar-refractivity contribution is -0.115. The fraction of sp³-hybridized carbons (Fsp3) is 0.235. The Balaban J connectivity index is 2.04. The van der Waals surface area contributed by atoms with Crippen molar-refractivity contribution < 1.29 is 4.79 Å². The smallest absolute Gasteiger partial charge is 0.238 e. The minimum absolute atomic E-state index is 0.0265. The number of nitrogens with zero attached hydrogens (tertiary/aromatic N) is 1. The zero-order valence-corrected chi connectivity index (χ0v) is 13.0. The summed E-state index contributed by atoms with van der Waals surface area (Å²) in [5.74, 6) is 0.679. The monoisotopic (exact) mass is 298 g/mol. The lowest BCUT2D eigenvalue weighted by Crippen LogP contribution is -2.28. The van der Waals surface area contributed by atoms with Crippen LogP contribution >= 0.6 is 11.8 Å². The Morgan fingerprint density at radius 1 is 1.14 bits per heavy atom. The number of nitrogens with two attached hydrogens (primary N) is 1. The number of rotatable bonds is 2. The van der Waals surface area contributed by atoms with Crippen LogP contribution in [0, 0.1) is 13.8 Å². The molecule has 1 aliphatic heterocycles. The number of benzene rings is 2. The minimum atomic E-state index is 0.0265. The standard InChI is InChI=1S/C17H18N2OS/c1-11-4-3-5-15(12(11)2)19-16(20)10-21-17(19)13-6-8-14(18)9-7-13/h3-9,17H,10,18H2,1-2H3/t17-/m0/s1. The molecule has 0 spiro atoms. The highest BCUT2D eigenvalue weighted by Crippen LogP contribution is 2.43. The van der Waals surface area contributed by atoms with E-state index < -0.39 is 0 Å². The van der Waals surface area contributed by atoms with Gasteiger partial charge in [0.15, 0.2) is 0 Å². The molecule has 2 aromatic carbocycles. The average Bonchev–Trinajstić information content (AvgIpc) is 2.85. The third-order valence-corrected chi connectivity index (χ3v) is 5.14. The zero-order chi connectivity index (χ0) is 15.0. The summed E-state index contributed by atoms with van der Waals surface area (Å²) in [7, 11) is 0. The number of aryl methyl sites for hydroxylation is 1. The van der Waals surface area contributed by atoms with Crippen LogP contribution in [-0.4, -0.2) is 11.7 Å². The van der Waals surface area contributed by atoms with Crippen LogP contribution in [0.15, 0.2) is 42.5 Å². The maximum Gasteiger partial charge on any atom is 0.238 e. The van der Waals surface area contributed by atoms with E-state index in [9.17, 15) is 4.79 Å². The number of amides is 1. The predicted molar refractivity (Wildman–Crippen MR) is 89.5 cm³/mol. The molecule has 0 aliphatic carbocycles. The molecule has 3 nitrogen and oxygen atoms in total. The molecule has 1 fully saturated rings. The van der Waals surface area contributed by atoms with E-state index in [-0.39, 0.29) is 11.3 Å². The molecule has 1 saturated heterocycles. The molecule has 4 heteroatoms. The number of hydrogen-bond acceptors (Lipinski definition) is 3. The van der Waals surface area contributed by atoms with Gasteiger partial charge in [0.1, 0.15) is 5.37 Å². The van der Waals surface area contributed by atoms with E-state index in [0.717, 1.165) is 22.5 Å². The molecule has 0 saturated carbocycles. The Hall–Kier alpha value is -1.94. The van der Waals surface area contributed by atoms with Gasteiger partial charge in [-0.05, 0) is 48.7 Å². The van der Waals surface area contributed by atoms with Gasteiger partial charge in [-0.3, -0.25) is 9.69 Å². The van der Waals surface area contributed by atoms with Crippen LogP contribution in [0.4, 0.5) is 11.4 Å². The summed E-state index contributed by atoms with van der Waals surface area (Å²) >= 11 is 1.66. The van der Waals surface area contributed by atoms with Crippen LogP contribution in [0.3, 0.4) is 0 Å². The van der Waals surface area contributed by atoms with Crippen molar-refractivity contribution in [2.45, 2.75) is 19.2 Å². The topological polar surface area (TPSA) is 46.3 Å². The highest BCUT2D eigenvalue weighted by molar-refractivity contribution is 8.00. The van der Waals surface area contributed by atoms with Crippen molar-refractivity contribution in [2.24, 2.45) is 0 Å². The van der Waals surface area contributed by atoms with Crippen molar-refractivity contribution in [3.05, 3.63) is 59.2 Å². The molecule has 0 aromatic heterocycles. The molecule has 1 aliphatic rings. The lowest BCUT2D eigenvalue weighted by Gasteiger charge is -2.26. The molecule has 21 heavy (non-hydrogen) atoms. The summed E-state index contributed by atoms with van der Waals surface area (Å²) in [6, 6.07) is 13.9. The maximum atomic E-state index is 12.4. The van der Waals surface area contributed by atoms with E-state index in [2.05, 4.69) is 19.9 Å². The number of thioether (sulfide) groups is 1. The molecule has 2 aromatic rings. The van der Waals surface area contributed by atoms with Crippen molar-refractivity contribution in [3.63, 3.8) is 0 Å². The van der Waals surface area contributed by atoms with E-state index >= 15 is 0 Å². The first-order valence-electron chi connectivity index (χ1n) is 6.93. The van der Waals surface area contributed by atoms with E-state index in [1.54, 1.807) is 11.8 Å². The second-order valence-corrected chi connectivity index (χ2v) is 6.38. The molecule has 0 unspecified atom stereocenters. The SMILES string of the molecule is Cc1cccc(N2C(=O)CS[C@H]2c2ccc(N)cc2)c1C. The minimum Gasteiger partial charge on any atom is -0.399 e. The Kier molecular flexibility index (Phi) is 3.64. The van der Waals surface area contributed by atoms with Crippen LogP contribution in [0.25, 0.3) is 0 Å². The van der Waals surface area contributed by atoms with E-state index in [1.165, 1.54) is 5.56 Å². The van der Waals surface area contributed by atoms with Gasteiger partial charge in [0.25, 0.3) is 0 Å². The molecule has 0 radical (unpaired) electrons. The van der Waals surface area contributed by atoms with Crippen LogP contribution < -0.4 is 10.6 Å². The van der Waals surface area contributed by atoms with Gasteiger partial charge in [-0.25, -0.2) is 0 Å². The van der Waals surface area contributed by atoms with Gasteiger partial charge in [0.2, 0.25) is 5.91 Å². The van der Waals surface area contributed by atoms with Gasteiger partial charge < -0.3 is 5.73 Å². The molecule has 1 heterocycles. The van der Waals surface area contributed by atoms with Gasteiger partial charge in [-0.2, -0.15) is 0 Å². The van der Waals surface area contributed by atoms with Gasteiger partial charge in [-0.15, -0.1) is 11.8 Å². The average molecular weight is 298 g/mol. The molecular weight excluding hydrogens is 280 g/mol. The summed E-state index contributed by atoms with van der Waals surface area (Å²) in [6.07, 6.45) is 0. The number of carbonyl (C=O) groups excluding carboxylic acids is 1. The van der Waals surface area contributed by atoms with E-state index in [1.807, 2.05) is 41.3 Å².